The van der Waals surface area contributed by atoms with E-state index in [1.165, 1.54) is 32.1 Å². The zero-order valence-electron chi connectivity index (χ0n) is 47.1. The Morgan fingerprint density at radius 2 is 0.886 bits per heavy atom. The highest BCUT2D eigenvalue weighted by atomic mass is 16.8. The summed E-state index contributed by atoms with van der Waals surface area (Å²) in [6, 6.07) is -0.996. The summed E-state index contributed by atoms with van der Waals surface area (Å²) in [4.78, 5) is 13.3. The number of aliphatic hydroxyl groups excluding tert-OH is 11. The first-order valence-corrected chi connectivity index (χ1v) is 29.3. The van der Waals surface area contributed by atoms with Gasteiger partial charge in [0.25, 0.3) is 0 Å². The van der Waals surface area contributed by atoms with Crippen molar-refractivity contribution in [3.8, 4) is 0 Å². The first-order valence-electron chi connectivity index (χ1n) is 29.3. The van der Waals surface area contributed by atoms with Gasteiger partial charge in [-0.25, -0.2) is 0 Å². The second-order valence-electron chi connectivity index (χ2n) is 20.7. The lowest BCUT2D eigenvalue weighted by Crippen LogP contribution is -2.66. The smallest absolute Gasteiger partial charge is 0.220 e. The minimum absolute atomic E-state index is 0.222. The van der Waals surface area contributed by atoms with Crippen molar-refractivity contribution >= 4 is 5.91 Å². The molecule has 3 rings (SSSR count). The van der Waals surface area contributed by atoms with Crippen molar-refractivity contribution < 1.29 is 89.4 Å². The van der Waals surface area contributed by atoms with E-state index in [9.17, 15) is 61.0 Å². The van der Waals surface area contributed by atoms with Gasteiger partial charge in [0, 0.05) is 6.42 Å². The van der Waals surface area contributed by atoms with E-state index in [0.717, 1.165) is 89.9 Å². The molecule has 79 heavy (non-hydrogen) atoms. The number of ether oxygens (including phenoxy) is 6. The van der Waals surface area contributed by atoms with Crippen molar-refractivity contribution in [1.29, 1.82) is 0 Å². The predicted molar refractivity (Wildman–Crippen MR) is 300 cm³/mol. The summed E-state index contributed by atoms with van der Waals surface area (Å²) in [7, 11) is 0. The number of carbonyl (C=O) groups is 1. The molecule has 3 aliphatic heterocycles. The zero-order valence-corrected chi connectivity index (χ0v) is 47.1. The van der Waals surface area contributed by atoms with Crippen molar-refractivity contribution in [2.24, 2.45) is 0 Å². The maximum absolute atomic E-state index is 13.3. The fraction of sp³-hybridized carbons (Fsp3) is 0.750. The molecule has 17 atom stereocenters. The molecular weight excluding hydrogens is 1020 g/mol. The van der Waals surface area contributed by atoms with Gasteiger partial charge in [-0.1, -0.05) is 157 Å². The van der Waals surface area contributed by atoms with Crippen LogP contribution in [0.15, 0.2) is 85.1 Å². The topological polar surface area (TPSA) is 307 Å². The summed E-state index contributed by atoms with van der Waals surface area (Å²) in [6.07, 6.45) is 24.5. The van der Waals surface area contributed by atoms with E-state index in [-0.39, 0.29) is 18.9 Å². The monoisotopic (exact) mass is 1120 g/mol. The van der Waals surface area contributed by atoms with Crippen molar-refractivity contribution in [3.63, 3.8) is 0 Å². The van der Waals surface area contributed by atoms with E-state index in [1.807, 2.05) is 6.08 Å². The molecule has 0 bridgehead atoms. The molecule has 1 amide bonds. The number of hydrogen-bond acceptors (Lipinski definition) is 18. The lowest BCUT2D eigenvalue weighted by molar-refractivity contribution is -0.379. The van der Waals surface area contributed by atoms with Crippen LogP contribution < -0.4 is 5.32 Å². The van der Waals surface area contributed by atoms with E-state index < -0.39 is 124 Å². The molecule has 0 aromatic rings. The van der Waals surface area contributed by atoms with E-state index in [2.05, 4.69) is 92.1 Å². The van der Waals surface area contributed by atoms with E-state index in [0.29, 0.717) is 12.8 Å². The van der Waals surface area contributed by atoms with Crippen LogP contribution in [0.3, 0.4) is 0 Å². The van der Waals surface area contributed by atoms with Gasteiger partial charge in [0.1, 0.15) is 73.2 Å². The molecule has 3 heterocycles. The third-order valence-corrected chi connectivity index (χ3v) is 14.2. The molecule has 19 nitrogen and oxygen atoms in total. The molecule has 19 heteroatoms. The number of unbranched alkanes of at least 4 members (excludes halogenated alkanes) is 13. The number of carbonyl (C=O) groups excluding carboxylic acids is 1. The van der Waals surface area contributed by atoms with Crippen LogP contribution in [0.4, 0.5) is 0 Å². The number of allylic oxidation sites excluding steroid dienone is 13. The Morgan fingerprint density at radius 3 is 1.42 bits per heavy atom. The van der Waals surface area contributed by atoms with E-state index in [1.54, 1.807) is 6.08 Å². The summed E-state index contributed by atoms with van der Waals surface area (Å²) in [5.41, 5.74) is 0. The standard InChI is InChI=1S/C60H101NO18/c1-3-5-7-9-11-13-14-15-16-17-18-19-20-21-22-23-24-25-26-27-28-30-32-34-36-38-48(66)61-43(44(65)37-35-33-31-29-12-10-8-6-4-2)42-74-58-54(72)51(69)56(46(40-63)76-58)79-60-55(73)52(70)57(47(41-64)77-60)78-59-53(71)50(68)49(67)45(39-62)75-59/h5,7,11-13,15-16,18-19,21-22,29,35,37,43-47,49-60,62-65,67-73H,3-4,6,8-10,14,17,20,23-28,30-34,36,38-42H2,1-2H3,(H,61,66)/b7-5-,13-11-,16-15-,19-18-,22-21-,29-12+,37-35+. The Hall–Kier alpha value is -3.03. The number of nitrogens with one attached hydrogen (secondary N) is 1. The largest absolute Gasteiger partial charge is 0.394 e. The summed E-state index contributed by atoms with van der Waals surface area (Å²) in [6.45, 7) is 1.49. The van der Waals surface area contributed by atoms with Crippen LogP contribution in [-0.2, 0) is 33.2 Å². The van der Waals surface area contributed by atoms with Crippen LogP contribution in [0, 0.1) is 0 Å². The summed E-state index contributed by atoms with van der Waals surface area (Å²) in [5.74, 6) is -0.300. The molecule has 0 aliphatic carbocycles. The van der Waals surface area contributed by atoms with Crippen molar-refractivity contribution in [2.45, 2.75) is 259 Å². The number of aliphatic hydroxyl groups is 11. The van der Waals surface area contributed by atoms with Gasteiger partial charge in [0.2, 0.25) is 5.91 Å². The van der Waals surface area contributed by atoms with Gasteiger partial charge in [0.15, 0.2) is 18.9 Å². The van der Waals surface area contributed by atoms with Gasteiger partial charge in [0.05, 0.1) is 38.6 Å². The molecule has 12 N–H and O–H groups in total. The second-order valence-corrected chi connectivity index (χ2v) is 20.7. The first kappa shape index (κ1) is 70.2. The van der Waals surface area contributed by atoms with Crippen LogP contribution >= 0.6 is 0 Å². The summed E-state index contributed by atoms with van der Waals surface area (Å²) in [5, 5.41) is 120. The highest BCUT2D eigenvalue weighted by Crippen LogP contribution is 2.33. The third-order valence-electron chi connectivity index (χ3n) is 14.2. The molecule has 0 saturated carbocycles. The van der Waals surface area contributed by atoms with Gasteiger partial charge in [-0.15, -0.1) is 0 Å². The summed E-state index contributed by atoms with van der Waals surface area (Å²) < 4.78 is 34.1. The molecule has 17 unspecified atom stereocenters. The molecule has 0 aromatic heterocycles. The average molecular weight is 1120 g/mol. The van der Waals surface area contributed by atoms with Gasteiger partial charge in [-0.05, 0) is 77.0 Å². The van der Waals surface area contributed by atoms with Gasteiger partial charge < -0.3 is 89.9 Å². The molecule has 3 aliphatic rings. The Labute approximate surface area is 470 Å². The number of amides is 1. The lowest BCUT2D eigenvalue weighted by atomic mass is 9.96. The second kappa shape index (κ2) is 42.7. The van der Waals surface area contributed by atoms with Crippen LogP contribution in [0.5, 0.6) is 0 Å². The van der Waals surface area contributed by atoms with Gasteiger partial charge >= 0.3 is 0 Å². The van der Waals surface area contributed by atoms with Crippen molar-refractivity contribution in [1.82, 2.24) is 5.32 Å². The Balaban J connectivity index is 1.44. The minimum Gasteiger partial charge on any atom is -0.394 e. The van der Waals surface area contributed by atoms with Crippen LogP contribution in [0.25, 0.3) is 0 Å². The van der Waals surface area contributed by atoms with Crippen molar-refractivity contribution in [2.75, 3.05) is 26.4 Å². The van der Waals surface area contributed by atoms with Crippen LogP contribution in [-0.4, -0.2) is 193 Å². The fourth-order valence-corrected chi connectivity index (χ4v) is 9.35. The normalized spacial score (nSPS) is 30.9. The highest BCUT2D eigenvalue weighted by Gasteiger charge is 2.53. The predicted octanol–water partition coefficient (Wildman–Crippen LogP) is 4.81. The van der Waals surface area contributed by atoms with Crippen molar-refractivity contribution in [3.05, 3.63) is 85.1 Å². The zero-order chi connectivity index (χ0) is 57.6. The highest BCUT2D eigenvalue weighted by molar-refractivity contribution is 5.76. The number of rotatable bonds is 41. The third kappa shape index (κ3) is 26.8. The first-order chi connectivity index (χ1) is 38.3. The molecule has 0 radical (unpaired) electrons. The molecule has 0 aromatic carbocycles. The molecule has 3 fully saturated rings. The van der Waals surface area contributed by atoms with Gasteiger partial charge in [-0.2, -0.15) is 0 Å². The molecule has 3 saturated heterocycles. The van der Waals surface area contributed by atoms with Crippen LogP contribution in [0.2, 0.25) is 0 Å². The molecule has 0 spiro atoms. The van der Waals surface area contributed by atoms with E-state index >= 15 is 0 Å². The fourth-order valence-electron chi connectivity index (χ4n) is 9.35. The molecule has 454 valence electrons. The molecular formula is C60H101NO18. The maximum Gasteiger partial charge on any atom is 0.220 e. The minimum atomic E-state index is -1.98. The quantitative estimate of drug-likeness (QED) is 0.0289. The lowest BCUT2D eigenvalue weighted by Gasteiger charge is -2.48. The Bertz CT molecular complexity index is 1770. The summed E-state index contributed by atoms with van der Waals surface area (Å²) >= 11 is 0. The Kier molecular flexibility index (Phi) is 38.0. The Morgan fingerprint density at radius 1 is 0.468 bits per heavy atom. The maximum atomic E-state index is 13.3. The van der Waals surface area contributed by atoms with Crippen LogP contribution in [0.1, 0.15) is 155 Å². The van der Waals surface area contributed by atoms with Gasteiger partial charge in [-0.3, -0.25) is 4.79 Å². The van der Waals surface area contributed by atoms with E-state index in [4.69, 9.17) is 28.4 Å². The number of hydrogen-bond donors (Lipinski definition) is 12. The SMILES string of the molecule is CC/C=C\C/C=C\C/C=C\C/C=C\C/C=C\CCCCCCCCCCCC(=O)NC(COC1OC(CO)C(OC2OC(CO)C(OC3OC(CO)C(O)C(O)C3O)C(O)C2O)C(O)C1O)C(O)/C=C/CC/C=C/CCCCC. The average Bonchev–Trinajstić information content (AvgIpc) is 3.47.